The van der Waals surface area contributed by atoms with Gasteiger partial charge in [-0.25, -0.2) is 0 Å². The fourth-order valence-electron chi connectivity index (χ4n) is 3.19. The normalized spacial score (nSPS) is 12.0. The first-order valence-corrected chi connectivity index (χ1v) is 9.14. The van der Waals surface area contributed by atoms with E-state index in [9.17, 15) is 9.90 Å². The molecule has 0 radical (unpaired) electrons. The number of aromatic nitrogens is 2. The summed E-state index contributed by atoms with van der Waals surface area (Å²) in [6.07, 6.45) is 0.225. The molecular formula is C21H22ClN3O2. The van der Waals surface area contributed by atoms with Crippen molar-refractivity contribution < 1.29 is 9.90 Å². The van der Waals surface area contributed by atoms with Gasteiger partial charge in [0.25, 0.3) is 0 Å². The van der Waals surface area contributed by atoms with E-state index >= 15 is 0 Å². The van der Waals surface area contributed by atoms with E-state index in [4.69, 9.17) is 11.6 Å². The number of rotatable bonds is 6. The zero-order valence-electron chi connectivity index (χ0n) is 15.3. The highest BCUT2D eigenvalue weighted by atomic mass is 35.5. The van der Waals surface area contributed by atoms with Crippen molar-refractivity contribution in [1.29, 1.82) is 0 Å². The van der Waals surface area contributed by atoms with Gasteiger partial charge in [-0.2, -0.15) is 5.10 Å². The third kappa shape index (κ3) is 4.49. The summed E-state index contributed by atoms with van der Waals surface area (Å²) in [7, 11) is 0. The van der Waals surface area contributed by atoms with Crippen LogP contribution in [0.3, 0.4) is 0 Å². The van der Waals surface area contributed by atoms with E-state index in [1.165, 1.54) is 0 Å². The number of carbonyl (C=O) groups excluding carboxylic acids is 1. The smallest absolute Gasteiger partial charge is 0.221 e. The molecule has 3 N–H and O–H groups in total. The zero-order valence-corrected chi connectivity index (χ0v) is 16.0. The SMILES string of the molecule is Cc1n[nH]c(C)c1CNC(=O)C[C@H](c1cccc(O)c1)c1ccccc1Cl. The van der Waals surface area contributed by atoms with Gasteiger partial charge in [0.1, 0.15) is 5.75 Å². The molecule has 0 spiro atoms. The maximum Gasteiger partial charge on any atom is 0.221 e. The summed E-state index contributed by atoms with van der Waals surface area (Å²) < 4.78 is 0. The number of phenolic OH excluding ortho intramolecular Hbond substituents is 1. The quantitative estimate of drug-likeness (QED) is 0.596. The van der Waals surface area contributed by atoms with Gasteiger partial charge in [0.05, 0.1) is 5.69 Å². The van der Waals surface area contributed by atoms with Crippen LogP contribution in [0.2, 0.25) is 5.02 Å². The van der Waals surface area contributed by atoms with E-state index in [0.29, 0.717) is 11.6 Å². The topological polar surface area (TPSA) is 78.0 Å². The maximum atomic E-state index is 12.7. The Morgan fingerprint density at radius 2 is 2.00 bits per heavy atom. The van der Waals surface area contributed by atoms with Crippen LogP contribution in [-0.2, 0) is 11.3 Å². The Morgan fingerprint density at radius 1 is 1.22 bits per heavy atom. The number of aromatic amines is 1. The Bertz CT molecular complexity index is 933. The van der Waals surface area contributed by atoms with E-state index in [-0.39, 0.29) is 24.0 Å². The second-order valence-corrected chi connectivity index (χ2v) is 6.97. The minimum Gasteiger partial charge on any atom is -0.508 e. The lowest BCUT2D eigenvalue weighted by Gasteiger charge is -2.19. The van der Waals surface area contributed by atoms with Crippen LogP contribution in [0.4, 0.5) is 0 Å². The second-order valence-electron chi connectivity index (χ2n) is 6.56. The van der Waals surface area contributed by atoms with Crippen molar-refractivity contribution in [3.63, 3.8) is 0 Å². The predicted molar refractivity (Wildman–Crippen MR) is 106 cm³/mol. The van der Waals surface area contributed by atoms with Gasteiger partial charge in [0, 0.05) is 35.2 Å². The minimum atomic E-state index is -0.252. The van der Waals surface area contributed by atoms with Crippen LogP contribution in [-0.4, -0.2) is 21.2 Å². The number of hydrogen-bond donors (Lipinski definition) is 3. The molecule has 3 aromatic rings. The maximum absolute atomic E-state index is 12.7. The van der Waals surface area contributed by atoms with Crippen LogP contribution in [0.1, 0.15) is 40.4 Å². The summed E-state index contributed by atoms with van der Waals surface area (Å²) in [5.41, 5.74) is 4.52. The molecule has 140 valence electrons. The highest BCUT2D eigenvalue weighted by Crippen LogP contribution is 2.34. The number of phenols is 1. The molecule has 0 saturated carbocycles. The first kappa shape index (κ1) is 19.0. The Hall–Kier alpha value is -2.79. The van der Waals surface area contributed by atoms with Gasteiger partial charge >= 0.3 is 0 Å². The molecular weight excluding hydrogens is 362 g/mol. The molecule has 1 heterocycles. The van der Waals surface area contributed by atoms with Gasteiger partial charge in [-0.15, -0.1) is 0 Å². The van der Waals surface area contributed by atoms with Crippen LogP contribution in [0, 0.1) is 13.8 Å². The standard InChI is InChI=1S/C21H22ClN3O2/c1-13-19(14(2)25-24-13)12-23-21(27)11-18(15-6-5-7-16(26)10-15)17-8-3-4-9-20(17)22/h3-10,18,26H,11-12H2,1-2H3,(H,23,27)(H,24,25)/t18-/m1/s1. The summed E-state index contributed by atoms with van der Waals surface area (Å²) in [5.74, 6) is -0.185. The predicted octanol–water partition coefficient (Wildman–Crippen LogP) is 4.22. The fourth-order valence-corrected chi connectivity index (χ4v) is 3.45. The van der Waals surface area contributed by atoms with Crippen molar-refractivity contribution in [2.24, 2.45) is 0 Å². The van der Waals surface area contributed by atoms with Gasteiger partial charge in [-0.05, 0) is 43.2 Å². The van der Waals surface area contributed by atoms with Gasteiger partial charge < -0.3 is 10.4 Å². The Balaban J connectivity index is 1.81. The number of halogens is 1. The second kappa shape index (κ2) is 8.27. The molecule has 0 saturated heterocycles. The number of aryl methyl sites for hydroxylation is 2. The molecule has 0 aliphatic rings. The molecule has 0 fully saturated rings. The average Bonchev–Trinajstić information content (AvgIpc) is 2.96. The number of hydrogen-bond acceptors (Lipinski definition) is 3. The number of H-pyrrole nitrogens is 1. The van der Waals surface area contributed by atoms with E-state index in [0.717, 1.165) is 28.1 Å². The van der Waals surface area contributed by atoms with Crippen molar-refractivity contribution >= 4 is 17.5 Å². The summed E-state index contributed by atoms with van der Waals surface area (Å²) in [5, 5.41) is 20.5. The van der Waals surface area contributed by atoms with Crippen molar-refractivity contribution in [3.8, 4) is 5.75 Å². The van der Waals surface area contributed by atoms with Crippen molar-refractivity contribution in [1.82, 2.24) is 15.5 Å². The monoisotopic (exact) mass is 383 g/mol. The summed E-state index contributed by atoms with van der Waals surface area (Å²) in [6, 6.07) is 14.4. The van der Waals surface area contributed by atoms with Crippen molar-refractivity contribution in [2.75, 3.05) is 0 Å². The molecule has 1 atom stereocenters. The molecule has 6 heteroatoms. The number of nitrogens with one attached hydrogen (secondary N) is 2. The lowest BCUT2D eigenvalue weighted by molar-refractivity contribution is -0.121. The average molecular weight is 384 g/mol. The molecule has 3 rings (SSSR count). The highest BCUT2D eigenvalue weighted by molar-refractivity contribution is 6.31. The Morgan fingerprint density at radius 3 is 2.67 bits per heavy atom. The fraction of sp³-hybridized carbons (Fsp3) is 0.238. The number of amides is 1. The Labute approximate surface area is 163 Å². The van der Waals surface area contributed by atoms with Gasteiger partial charge in [-0.1, -0.05) is 41.9 Å². The lowest BCUT2D eigenvalue weighted by Crippen LogP contribution is -2.25. The van der Waals surface area contributed by atoms with Crippen LogP contribution in [0.5, 0.6) is 5.75 Å². The molecule has 0 aliphatic carbocycles. The molecule has 5 nitrogen and oxygen atoms in total. The van der Waals surface area contributed by atoms with E-state index < -0.39 is 0 Å². The number of aromatic hydroxyl groups is 1. The molecule has 0 aliphatic heterocycles. The molecule has 1 aromatic heterocycles. The zero-order chi connectivity index (χ0) is 19.4. The molecule has 0 unspecified atom stereocenters. The van der Waals surface area contributed by atoms with E-state index in [1.807, 2.05) is 44.2 Å². The van der Waals surface area contributed by atoms with E-state index in [1.54, 1.807) is 18.2 Å². The summed E-state index contributed by atoms with van der Waals surface area (Å²) in [6.45, 7) is 4.26. The third-order valence-electron chi connectivity index (χ3n) is 4.69. The van der Waals surface area contributed by atoms with Gasteiger partial charge in [0.15, 0.2) is 0 Å². The Kier molecular flexibility index (Phi) is 5.81. The van der Waals surface area contributed by atoms with E-state index in [2.05, 4.69) is 15.5 Å². The first-order valence-electron chi connectivity index (χ1n) is 8.76. The first-order chi connectivity index (χ1) is 13.0. The summed E-state index contributed by atoms with van der Waals surface area (Å²) >= 11 is 6.39. The number of benzene rings is 2. The highest BCUT2D eigenvalue weighted by Gasteiger charge is 2.21. The van der Waals surface area contributed by atoms with Crippen molar-refractivity contribution in [2.45, 2.75) is 32.7 Å². The van der Waals surface area contributed by atoms with Crippen LogP contribution >= 0.6 is 11.6 Å². The molecule has 27 heavy (non-hydrogen) atoms. The van der Waals surface area contributed by atoms with Crippen LogP contribution in [0.25, 0.3) is 0 Å². The van der Waals surface area contributed by atoms with Crippen molar-refractivity contribution in [3.05, 3.63) is 81.6 Å². The van der Waals surface area contributed by atoms with Gasteiger partial charge in [0.2, 0.25) is 5.91 Å². The molecule has 2 aromatic carbocycles. The minimum absolute atomic E-state index is 0.0942. The molecule has 1 amide bonds. The number of carbonyl (C=O) groups is 1. The summed E-state index contributed by atoms with van der Waals surface area (Å²) in [4.78, 5) is 12.7. The van der Waals surface area contributed by atoms with Crippen LogP contribution < -0.4 is 5.32 Å². The van der Waals surface area contributed by atoms with Crippen LogP contribution in [0.15, 0.2) is 48.5 Å². The largest absolute Gasteiger partial charge is 0.508 e. The lowest BCUT2D eigenvalue weighted by atomic mass is 9.88. The van der Waals surface area contributed by atoms with Gasteiger partial charge in [-0.3, -0.25) is 9.89 Å². The molecule has 0 bridgehead atoms. The number of nitrogens with zero attached hydrogens (tertiary/aromatic N) is 1. The third-order valence-corrected chi connectivity index (χ3v) is 5.03.